The summed E-state index contributed by atoms with van der Waals surface area (Å²) in [5, 5.41) is 8.05. The van der Waals surface area contributed by atoms with Gasteiger partial charge in [0.15, 0.2) is 0 Å². The van der Waals surface area contributed by atoms with Crippen molar-refractivity contribution in [1.29, 1.82) is 0 Å². The maximum absolute atomic E-state index is 9.76. The number of aliphatic carboxylic acids is 1. The van der Waals surface area contributed by atoms with Crippen molar-refractivity contribution in [3.63, 3.8) is 0 Å². The zero-order valence-electron chi connectivity index (χ0n) is 9.22. The summed E-state index contributed by atoms with van der Waals surface area (Å²) in [5.74, 6) is -0.611. The second-order valence-corrected chi connectivity index (χ2v) is 63.1. The van der Waals surface area contributed by atoms with E-state index in [-0.39, 0.29) is 5.92 Å². The van der Waals surface area contributed by atoms with E-state index in [1.807, 2.05) is 66.0 Å². The third-order valence-electron chi connectivity index (χ3n) is 2.13. The van der Waals surface area contributed by atoms with Gasteiger partial charge >= 0.3 is 5.97 Å². The van der Waals surface area contributed by atoms with Gasteiger partial charge in [0.2, 0.25) is 0 Å². The Kier molecular flexibility index (Phi) is 6.07. The molecule has 1 saturated carbocycles. The molecule has 5 rings (SSSR count). The fourth-order valence-corrected chi connectivity index (χ4v) is 222. The molecule has 20 heavy (non-hydrogen) atoms. The molecule has 1 aliphatic carbocycles. The normalized spacial score (nSPS) is 52.2. The minimum Gasteiger partial charge on any atom is -0.481 e. The Morgan fingerprint density at radius 1 is 0.800 bits per heavy atom. The fraction of sp³-hybridized carbons (Fsp3) is 0.750. The highest BCUT2D eigenvalue weighted by atomic mass is 34.1. The highest BCUT2D eigenvalue weighted by Crippen LogP contribution is 3.30. The third kappa shape index (κ3) is 4.47. The topological polar surface area (TPSA) is 37.3 Å². The van der Waals surface area contributed by atoms with Gasteiger partial charge in [0.05, 0.1) is 5.92 Å². The molecule has 5 fully saturated rings. The molecule has 4 heterocycles. The number of carboxylic acids is 1. The second kappa shape index (κ2) is 6.40. The summed E-state index contributed by atoms with van der Waals surface area (Å²) in [7, 11) is 0. The first kappa shape index (κ1) is 18.9. The van der Waals surface area contributed by atoms with Crippen LogP contribution in [0.15, 0.2) is 0 Å². The number of carboxylic acid groups (broad SMARTS) is 1. The van der Waals surface area contributed by atoms with E-state index >= 15 is 0 Å². The Balaban J connectivity index is 0.000000170. The molecular weight excluding hydrogens is 525 g/mol. The van der Waals surface area contributed by atoms with Crippen LogP contribution in [0.2, 0.25) is 0 Å². The van der Waals surface area contributed by atoms with E-state index in [9.17, 15) is 4.79 Å². The van der Waals surface area contributed by atoms with Gasteiger partial charge in [0, 0.05) is 0 Å². The van der Waals surface area contributed by atoms with Crippen molar-refractivity contribution in [2.24, 2.45) is 5.92 Å². The van der Waals surface area contributed by atoms with E-state index in [4.69, 9.17) is 52.3 Å². The molecule has 5 aliphatic rings. The van der Waals surface area contributed by atoms with Crippen molar-refractivity contribution < 1.29 is 9.90 Å². The lowest BCUT2D eigenvalue weighted by Crippen LogP contribution is -1.94. The predicted octanol–water partition coefficient (Wildman–Crippen LogP) is 7.81. The van der Waals surface area contributed by atoms with E-state index in [1.165, 1.54) is 0 Å². The van der Waals surface area contributed by atoms with Crippen molar-refractivity contribution in [3.8, 4) is 0 Å². The highest BCUT2D eigenvalue weighted by Gasteiger charge is 2.60. The average molecular weight is 531 g/mol. The van der Waals surface area contributed by atoms with Crippen molar-refractivity contribution in [1.82, 2.24) is 0 Å². The lowest BCUT2D eigenvalue weighted by molar-refractivity contribution is -0.138. The third-order valence-corrected chi connectivity index (χ3v) is 98.1. The Morgan fingerprint density at radius 3 is 1.15 bits per heavy atom. The smallest absolute Gasteiger partial charge is 0.306 e. The van der Waals surface area contributed by atoms with Gasteiger partial charge in [-0.15, -0.1) is 0 Å². The number of hydrogen-bond acceptors (Lipinski definition) is 11. The van der Waals surface area contributed by atoms with Crippen molar-refractivity contribution in [3.05, 3.63) is 0 Å². The van der Waals surface area contributed by atoms with Crippen LogP contribution in [0.5, 0.6) is 0 Å². The lowest BCUT2D eigenvalue weighted by Gasteiger charge is -2.51. The Labute approximate surface area is 160 Å². The zero-order chi connectivity index (χ0) is 14.8. The first-order chi connectivity index (χ1) is 9.05. The van der Waals surface area contributed by atoms with E-state index in [1.54, 1.807) is 0 Å². The van der Waals surface area contributed by atoms with Crippen molar-refractivity contribution in [2.45, 2.75) is 12.8 Å². The lowest BCUT2D eigenvalue weighted by atomic mass is 10.5. The first-order valence-corrected chi connectivity index (χ1v) is 28.3. The molecule has 0 aromatic heterocycles. The minimum atomic E-state index is -1.41. The Bertz CT molecular complexity index is 516. The number of hydrogen-bond donors (Lipinski definition) is 1. The molecule has 4 aliphatic heterocycles. The molecular formula is C4H6O2P4S10. The summed E-state index contributed by atoms with van der Waals surface area (Å²) < 4.78 is -5.64. The van der Waals surface area contributed by atoms with Crippen LogP contribution < -0.4 is 0 Å². The summed E-state index contributed by atoms with van der Waals surface area (Å²) in [4.78, 5) is 9.76. The fourth-order valence-electron chi connectivity index (χ4n) is 1.24. The molecule has 0 atom stereocenters. The summed E-state index contributed by atoms with van der Waals surface area (Å²) in [6, 6.07) is 0. The zero-order valence-corrected chi connectivity index (χ0v) is 21.0. The molecule has 16 heteroatoms. The van der Waals surface area contributed by atoms with E-state index < -0.39 is 20.5 Å². The van der Waals surface area contributed by atoms with Crippen LogP contribution in [0.25, 0.3) is 0 Å². The van der Waals surface area contributed by atoms with Crippen molar-refractivity contribution in [2.75, 3.05) is 0 Å². The van der Waals surface area contributed by atoms with E-state index in [0.29, 0.717) is 0 Å². The van der Waals surface area contributed by atoms with E-state index in [2.05, 4.69) is 0 Å². The summed E-state index contributed by atoms with van der Waals surface area (Å²) in [5.41, 5.74) is 0. The van der Waals surface area contributed by atoms with Gasteiger partial charge in [-0.1, -0.05) is 47.2 Å². The van der Waals surface area contributed by atoms with Gasteiger partial charge in [-0.05, 0) is 78.9 Å². The maximum Gasteiger partial charge on any atom is 0.306 e. The molecule has 4 bridgehead atoms. The molecule has 0 radical (unpaired) electrons. The predicted molar refractivity (Wildman–Crippen MR) is 123 cm³/mol. The molecule has 0 unspecified atom stereocenters. The van der Waals surface area contributed by atoms with Gasteiger partial charge in [0.1, 0.15) is 14.6 Å². The van der Waals surface area contributed by atoms with Crippen LogP contribution in [0.4, 0.5) is 0 Å². The number of rotatable bonds is 1. The number of carbonyl (C=O) groups is 1. The standard InChI is InChI=1S/C4H6O2.P4S10/c5-4(6)3-1-2-3;5-1-9-2(6)12-3(7,10-1)14-4(8,11-1)13-2/h3H,1-2H2,(H,5,6);. The van der Waals surface area contributed by atoms with Crippen LogP contribution in [0.3, 0.4) is 0 Å². The summed E-state index contributed by atoms with van der Waals surface area (Å²) in [6.45, 7) is 0. The highest BCUT2D eigenvalue weighted by molar-refractivity contribution is 9.83. The van der Waals surface area contributed by atoms with Gasteiger partial charge in [-0.3, -0.25) is 4.79 Å². The Hall–Kier alpha value is 4.17. The van der Waals surface area contributed by atoms with Gasteiger partial charge < -0.3 is 5.11 Å². The van der Waals surface area contributed by atoms with Gasteiger partial charge in [0.25, 0.3) is 0 Å². The van der Waals surface area contributed by atoms with Gasteiger partial charge in [-0.2, -0.15) is 0 Å². The molecule has 0 aromatic carbocycles. The molecule has 0 aromatic rings. The molecule has 4 saturated heterocycles. The molecule has 0 spiro atoms. The van der Waals surface area contributed by atoms with Crippen molar-refractivity contribution >= 4 is 134 Å². The maximum atomic E-state index is 9.76. The van der Waals surface area contributed by atoms with Crippen LogP contribution in [-0.4, -0.2) is 11.1 Å². The first-order valence-electron chi connectivity index (χ1n) is 4.95. The van der Waals surface area contributed by atoms with Crippen LogP contribution >= 0.6 is 80.6 Å². The van der Waals surface area contributed by atoms with E-state index in [0.717, 1.165) is 12.8 Å². The molecule has 0 amide bonds. The quantitative estimate of drug-likeness (QED) is 0.336. The Morgan fingerprint density at radius 2 is 1.05 bits per heavy atom. The molecule has 2 nitrogen and oxygen atoms in total. The average Bonchev–Trinajstić information content (AvgIpc) is 2.88. The molecule has 1 N–H and O–H groups in total. The van der Waals surface area contributed by atoms with Crippen LogP contribution in [0.1, 0.15) is 12.8 Å². The monoisotopic (exact) mass is 530 g/mol. The van der Waals surface area contributed by atoms with Crippen LogP contribution in [0, 0.1) is 5.92 Å². The van der Waals surface area contributed by atoms with Crippen LogP contribution in [-0.2, 0) is 52.0 Å². The molecule has 114 valence electrons. The van der Waals surface area contributed by atoms with Gasteiger partial charge in [-0.25, -0.2) is 0 Å². The SMILES string of the molecule is O=C(O)C1CC1.S=P12SP3(=S)SP(=S)(S1)SP(=S)(S2)S3. The largest absolute Gasteiger partial charge is 0.481 e. The summed E-state index contributed by atoms with van der Waals surface area (Å²) in [6.07, 6.45) is 1.80. The second-order valence-electron chi connectivity index (χ2n) is 3.89. The summed E-state index contributed by atoms with van der Waals surface area (Å²) >= 11 is 34.5. The minimum absolute atomic E-state index is 0.0185.